The number of rotatable bonds is 7. The van der Waals surface area contributed by atoms with Crippen LogP contribution in [0, 0.1) is 5.82 Å². The Morgan fingerprint density at radius 3 is 2.52 bits per heavy atom. The number of hydrogen-bond donors (Lipinski definition) is 1. The van der Waals surface area contributed by atoms with Gasteiger partial charge in [0, 0.05) is 31.3 Å². The maximum Gasteiger partial charge on any atom is 0.227 e. The van der Waals surface area contributed by atoms with Crippen LogP contribution in [0.25, 0.3) is 5.57 Å². The SMILES string of the molecule is C=C(CC)c1cc(C(C)(C)C)c(OC/C(=N/NC=O)N(C)C)cc1F. The first-order valence-electron chi connectivity index (χ1n) is 8.19. The van der Waals surface area contributed by atoms with Crippen LogP contribution in [0.1, 0.15) is 45.2 Å². The van der Waals surface area contributed by atoms with Crippen molar-refractivity contribution in [2.24, 2.45) is 5.10 Å². The van der Waals surface area contributed by atoms with Crippen LogP contribution in [0.15, 0.2) is 23.8 Å². The van der Waals surface area contributed by atoms with E-state index in [4.69, 9.17) is 4.74 Å². The Labute approximate surface area is 149 Å². The van der Waals surface area contributed by atoms with E-state index in [0.717, 1.165) is 11.1 Å². The van der Waals surface area contributed by atoms with Crippen LogP contribution in [-0.2, 0) is 10.2 Å². The largest absolute Gasteiger partial charge is 0.485 e. The second-order valence-corrected chi connectivity index (χ2v) is 6.99. The molecule has 0 heterocycles. The number of amidine groups is 1. The van der Waals surface area contributed by atoms with Crippen molar-refractivity contribution in [3.63, 3.8) is 0 Å². The predicted octanol–water partition coefficient (Wildman–Crippen LogP) is 3.55. The minimum absolute atomic E-state index is 0.102. The van der Waals surface area contributed by atoms with Crippen molar-refractivity contribution in [1.29, 1.82) is 0 Å². The van der Waals surface area contributed by atoms with E-state index >= 15 is 0 Å². The number of hydrazone groups is 1. The molecule has 5 nitrogen and oxygen atoms in total. The third-order valence-corrected chi connectivity index (χ3v) is 3.80. The van der Waals surface area contributed by atoms with Crippen molar-refractivity contribution in [1.82, 2.24) is 10.3 Å². The molecule has 0 aromatic heterocycles. The summed E-state index contributed by atoms with van der Waals surface area (Å²) in [5.41, 5.74) is 4.18. The Kier molecular flexibility index (Phi) is 7.15. The molecule has 0 aliphatic carbocycles. The van der Waals surface area contributed by atoms with Crippen molar-refractivity contribution in [2.45, 2.75) is 39.5 Å². The summed E-state index contributed by atoms with van der Waals surface area (Å²) in [6.07, 6.45) is 1.16. The summed E-state index contributed by atoms with van der Waals surface area (Å²) in [5, 5.41) is 3.92. The summed E-state index contributed by atoms with van der Waals surface area (Å²) in [6.45, 7) is 12.1. The molecule has 0 bridgehead atoms. The first kappa shape index (κ1) is 20.7. The number of carbonyl (C=O) groups is 1. The number of benzene rings is 1. The van der Waals surface area contributed by atoms with Gasteiger partial charge in [0.2, 0.25) is 6.41 Å². The fraction of sp³-hybridized carbons (Fsp3) is 0.474. The minimum Gasteiger partial charge on any atom is -0.485 e. The van der Waals surface area contributed by atoms with Gasteiger partial charge in [-0.2, -0.15) is 5.10 Å². The van der Waals surface area contributed by atoms with E-state index in [1.165, 1.54) is 6.07 Å². The van der Waals surface area contributed by atoms with Crippen LogP contribution >= 0.6 is 0 Å². The van der Waals surface area contributed by atoms with Crippen molar-refractivity contribution in [3.05, 3.63) is 35.7 Å². The minimum atomic E-state index is -0.357. The highest BCUT2D eigenvalue weighted by Crippen LogP contribution is 2.35. The zero-order valence-corrected chi connectivity index (χ0v) is 15.9. The Balaban J connectivity index is 3.23. The van der Waals surface area contributed by atoms with Gasteiger partial charge >= 0.3 is 0 Å². The van der Waals surface area contributed by atoms with E-state index in [1.54, 1.807) is 19.0 Å². The normalized spacial score (nSPS) is 11.9. The predicted molar refractivity (Wildman–Crippen MR) is 100 cm³/mol. The summed E-state index contributed by atoms with van der Waals surface area (Å²) in [7, 11) is 3.57. The maximum absolute atomic E-state index is 14.5. The smallest absolute Gasteiger partial charge is 0.227 e. The first-order chi connectivity index (χ1) is 11.6. The molecular weight excluding hydrogens is 321 g/mol. The van der Waals surface area contributed by atoms with Gasteiger partial charge < -0.3 is 9.64 Å². The number of nitrogens with zero attached hydrogens (tertiary/aromatic N) is 2. The lowest BCUT2D eigenvalue weighted by atomic mass is 9.84. The molecule has 25 heavy (non-hydrogen) atoms. The number of hydrogen-bond acceptors (Lipinski definition) is 3. The Hall–Kier alpha value is -2.37. The molecule has 1 N–H and O–H groups in total. The molecule has 1 aromatic rings. The highest BCUT2D eigenvalue weighted by Gasteiger charge is 2.23. The lowest BCUT2D eigenvalue weighted by Gasteiger charge is -2.25. The van der Waals surface area contributed by atoms with Crippen molar-refractivity contribution >= 4 is 17.8 Å². The lowest BCUT2D eigenvalue weighted by Crippen LogP contribution is -2.30. The van der Waals surface area contributed by atoms with Crippen LogP contribution in [0.4, 0.5) is 4.39 Å². The molecule has 0 saturated heterocycles. The molecule has 0 aliphatic rings. The number of nitrogens with one attached hydrogen (secondary N) is 1. The third-order valence-electron chi connectivity index (χ3n) is 3.80. The number of amides is 1. The monoisotopic (exact) mass is 349 g/mol. The van der Waals surface area contributed by atoms with Crippen LogP contribution < -0.4 is 10.2 Å². The fourth-order valence-corrected chi connectivity index (χ4v) is 2.23. The van der Waals surface area contributed by atoms with E-state index in [1.807, 2.05) is 33.8 Å². The van der Waals surface area contributed by atoms with E-state index in [-0.39, 0.29) is 17.8 Å². The first-order valence-corrected chi connectivity index (χ1v) is 8.19. The second-order valence-electron chi connectivity index (χ2n) is 6.99. The van der Waals surface area contributed by atoms with Crippen molar-refractivity contribution in [2.75, 3.05) is 20.7 Å². The topological polar surface area (TPSA) is 53.9 Å². The molecule has 0 spiro atoms. The highest BCUT2D eigenvalue weighted by atomic mass is 19.1. The van der Waals surface area contributed by atoms with Gasteiger partial charge in [-0.25, -0.2) is 9.82 Å². The Morgan fingerprint density at radius 2 is 2.04 bits per heavy atom. The molecule has 1 rings (SSSR count). The molecule has 0 aliphatic heterocycles. The zero-order chi connectivity index (χ0) is 19.2. The molecular formula is C19H28FN3O2. The van der Waals surface area contributed by atoms with E-state index in [9.17, 15) is 9.18 Å². The number of halogens is 1. The van der Waals surface area contributed by atoms with Gasteiger partial charge in [-0.1, -0.05) is 34.3 Å². The van der Waals surface area contributed by atoms with Gasteiger partial charge in [-0.15, -0.1) is 0 Å². The molecule has 138 valence electrons. The average molecular weight is 349 g/mol. The van der Waals surface area contributed by atoms with Gasteiger partial charge in [0.1, 0.15) is 18.2 Å². The summed E-state index contributed by atoms with van der Waals surface area (Å²) in [6, 6.07) is 3.21. The summed E-state index contributed by atoms with van der Waals surface area (Å²) in [4.78, 5) is 12.1. The number of likely N-dealkylation sites (N-methyl/N-ethyl adjacent to an activating group) is 1. The number of carbonyl (C=O) groups excluding carboxylic acids is 1. The van der Waals surface area contributed by atoms with E-state index in [0.29, 0.717) is 30.0 Å². The average Bonchev–Trinajstić information content (AvgIpc) is 2.52. The van der Waals surface area contributed by atoms with Crippen LogP contribution in [0.5, 0.6) is 5.75 Å². The molecule has 1 amide bonds. The number of allylic oxidation sites excluding steroid dienone is 1. The highest BCUT2D eigenvalue weighted by molar-refractivity contribution is 5.83. The lowest BCUT2D eigenvalue weighted by molar-refractivity contribution is -0.109. The molecule has 0 saturated carbocycles. The molecule has 0 radical (unpaired) electrons. The summed E-state index contributed by atoms with van der Waals surface area (Å²) in [5.74, 6) is 0.608. The Bertz CT molecular complexity index is 661. The van der Waals surface area contributed by atoms with Gasteiger partial charge in [0.25, 0.3) is 0 Å². The van der Waals surface area contributed by atoms with E-state index < -0.39 is 0 Å². The van der Waals surface area contributed by atoms with E-state index in [2.05, 4.69) is 17.1 Å². The molecule has 6 heteroatoms. The zero-order valence-electron chi connectivity index (χ0n) is 15.9. The van der Waals surface area contributed by atoms with Crippen LogP contribution in [0.3, 0.4) is 0 Å². The van der Waals surface area contributed by atoms with Crippen LogP contribution in [0.2, 0.25) is 0 Å². The fourth-order valence-electron chi connectivity index (χ4n) is 2.23. The molecule has 0 unspecified atom stereocenters. The van der Waals surface area contributed by atoms with Gasteiger partial charge in [-0.05, 0) is 23.5 Å². The van der Waals surface area contributed by atoms with Gasteiger partial charge in [0.15, 0.2) is 5.84 Å². The second kappa shape index (κ2) is 8.65. The summed E-state index contributed by atoms with van der Waals surface area (Å²) < 4.78 is 20.3. The maximum atomic E-state index is 14.5. The van der Waals surface area contributed by atoms with Crippen LogP contribution in [-0.4, -0.2) is 37.8 Å². The molecule has 0 atom stereocenters. The number of ether oxygens (including phenoxy) is 1. The Morgan fingerprint density at radius 1 is 1.40 bits per heavy atom. The molecule has 1 aromatic carbocycles. The summed E-state index contributed by atoms with van der Waals surface area (Å²) >= 11 is 0. The standard InChI is InChI=1S/C19H28FN3O2/c1-8-13(2)14-9-15(19(3,4)5)17(10-16(14)20)25-11-18(23(6)7)22-21-12-24/h9-10,12H,2,8,11H2,1,3-7H3,(H,21,24)/b22-18-. The van der Waals surface area contributed by atoms with Gasteiger partial charge in [-0.3, -0.25) is 4.79 Å². The third kappa shape index (κ3) is 5.59. The quantitative estimate of drug-likeness (QED) is 0.354. The molecule has 0 fully saturated rings. The van der Waals surface area contributed by atoms with Crippen molar-refractivity contribution in [3.8, 4) is 5.75 Å². The van der Waals surface area contributed by atoms with Gasteiger partial charge in [0.05, 0.1) is 0 Å². The van der Waals surface area contributed by atoms with Crippen molar-refractivity contribution < 1.29 is 13.9 Å².